The van der Waals surface area contributed by atoms with E-state index in [1.807, 2.05) is 6.07 Å². The van der Waals surface area contributed by atoms with Crippen LogP contribution in [-0.2, 0) is 20.6 Å². The lowest BCUT2D eigenvalue weighted by Crippen LogP contribution is -2.40. The monoisotopic (exact) mass is 328 g/mol. The molecule has 2 aromatic rings. The quantitative estimate of drug-likeness (QED) is 0.799. The molecule has 0 saturated carbocycles. The molecule has 0 spiro atoms. The summed E-state index contributed by atoms with van der Waals surface area (Å²) in [6.45, 7) is 2.16. The zero-order chi connectivity index (χ0) is 17.3. The van der Waals surface area contributed by atoms with E-state index in [-0.39, 0.29) is 17.3 Å². The first kappa shape index (κ1) is 16.1. The number of rotatable bonds is 4. The van der Waals surface area contributed by atoms with Crippen LogP contribution in [-0.4, -0.2) is 33.2 Å². The fraction of sp³-hybridized carbons (Fsp3) is 0.438. The van der Waals surface area contributed by atoms with Gasteiger partial charge in [-0.1, -0.05) is 0 Å². The molecular formula is C16H20N6O2. The predicted octanol–water partition coefficient (Wildman–Crippen LogP) is -0.348. The van der Waals surface area contributed by atoms with E-state index >= 15 is 0 Å². The second kappa shape index (κ2) is 6.37. The average molecular weight is 328 g/mol. The molecule has 1 saturated heterocycles. The summed E-state index contributed by atoms with van der Waals surface area (Å²) in [7, 11) is 3.16. The Balaban J connectivity index is 1.67. The lowest BCUT2D eigenvalue weighted by Gasteiger charge is -2.21. The second-order valence-electron chi connectivity index (χ2n) is 6.08. The SMILES string of the molecule is Cn1c(N2CC[C@@H](NCc3cc(C#N)c[nH]3)C2)cc(=O)n(C)c1=O. The van der Waals surface area contributed by atoms with E-state index in [0.29, 0.717) is 17.9 Å². The van der Waals surface area contributed by atoms with Gasteiger partial charge in [0.2, 0.25) is 0 Å². The van der Waals surface area contributed by atoms with E-state index in [2.05, 4.69) is 21.3 Å². The minimum absolute atomic E-state index is 0.262. The van der Waals surface area contributed by atoms with Crippen molar-refractivity contribution in [1.29, 1.82) is 5.26 Å². The second-order valence-corrected chi connectivity index (χ2v) is 6.08. The Morgan fingerprint density at radius 1 is 1.33 bits per heavy atom. The van der Waals surface area contributed by atoms with Crippen molar-refractivity contribution in [3.05, 3.63) is 50.4 Å². The molecule has 0 bridgehead atoms. The van der Waals surface area contributed by atoms with Crippen molar-refractivity contribution in [1.82, 2.24) is 19.4 Å². The van der Waals surface area contributed by atoms with Gasteiger partial charge in [-0.2, -0.15) is 5.26 Å². The van der Waals surface area contributed by atoms with Gasteiger partial charge in [0, 0.05) is 57.7 Å². The minimum Gasteiger partial charge on any atom is -0.363 e. The van der Waals surface area contributed by atoms with E-state index in [9.17, 15) is 9.59 Å². The molecule has 0 amide bonds. The number of H-pyrrole nitrogens is 1. The first-order chi connectivity index (χ1) is 11.5. The van der Waals surface area contributed by atoms with Gasteiger partial charge in [0.05, 0.1) is 5.56 Å². The highest BCUT2D eigenvalue weighted by Gasteiger charge is 2.24. The van der Waals surface area contributed by atoms with Crippen LogP contribution in [0.4, 0.5) is 5.82 Å². The smallest absolute Gasteiger partial charge is 0.332 e. The van der Waals surface area contributed by atoms with Crippen molar-refractivity contribution in [2.24, 2.45) is 14.1 Å². The summed E-state index contributed by atoms with van der Waals surface area (Å²) in [4.78, 5) is 29.0. The zero-order valence-corrected chi connectivity index (χ0v) is 13.7. The van der Waals surface area contributed by atoms with E-state index in [0.717, 1.165) is 29.8 Å². The van der Waals surface area contributed by atoms with Gasteiger partial charge >= 0.3 is 5.69 Å². The van der Waals surface area contributed by atoms with Gasteiger partial charge in [-0.15, -0.1) is 0 Å². The molecule has 2 aromatic heterocycles. The highest BCUT2D eigenvalue weighted by atomic mass is 16.2. The molecule has 2 N–H and O–H groups in total. The largest absolute Gasteiger partial charge is 0.363 e. The third-order valence-electron chi connectivity index (χ3n) is 4.47. The number of hydrogen-bond donors (Lipinski definition) is 2. The highest BCUT2D eigenvalue weighted by Crippen LogP contribution is 2.17. The highest BCUT2D eigenvalue weighted by molar-refractivity contribution is 5.40. The van der Waals surface area contributed by atoms with Crippen LogP contribution in [0.5, 0.6) is 0 Å². The number of aromatic amines is 1. The van der Waals surface area contributed by atoms with Crippen LogP contribution in [0.1, 0.15) is 17.7 Å². The molecule has 8 heteroatoms. The van der Waals surface area contributed by atoms with E-state index in [1.54, 1.807) is 13.2 Å². The number of nitrogens with zero attached hydrogens (tertiary/aromatic N) is 4. The molecular weight excluding hydrogens is 308 g/mol. The van der Waals surface area contributed by atoms with Crippen LogP contribution in [0.15, 0.2) is 27.9 Å². The number of anilines is 1. The van der Waals surface area contributed by atoms with Gasteiger partial charge in [0.25, 0.3) is 5.56 Å². The molecule has 3 rings (SSSR count). The van der Waals surface area contributed by atoms with Crippen LogP contribution in [0.25, 0.3) is 0 Å². The molecule has 0 radical (unpaired) electrons. The fourth-order valence-electron chi connectivity index (χ4n) is 3.02. The molecule has 3 heterocycles. The van der Waals surface area contributed by atoms with Gasteiger partial charge in [-0.25, -0.2) is 4.79 Å². The number of nitriles is 1. The first-order valence-electron chi connectivity index (χ1n) is 7.82. The Bertz CT molecular complexity index is 901. The van der Waals surface area contributed by atoms with Crippen LogP contribution in [0, 0.1) is 11.3 Å². The maximum absolute atomic E-state index is 12.0. The summed E-state index contributed by atoms with van der Waals surface area (Å²) in [5.74, 6) is 0.652. The molecule has 24 heavy (non-hydrogen) atoms. The Morgan fingerprint density at radius 2 is 2.12 bits per heavy atom. The molecule has 1 aliphatic heterocycles. The Labute approximate surface area is 138 Å². The molecule has 126 valence electrons. The van der Waals surface area contributed by atoms with Crippen molar-refractivity contribution in [2.45, 2.75) is 19.0 Å². The topological polar surface area (TPSA) is 98.8 Å². The van der Waals surface area contributed by atoms with Gasteiger partial charge in [0.1, 0.15) is 11.9 Å². The molecule has 8 nitrogen and oxygen atoms in total. The lowest BCUT2D eigenvalue weighted by atomic mass is 10.2. The summed E-state index contributed by atoms with van der Waals surface area (Å²) in [5, 5.41) is 12.3. The van der Waals surface area contributed by atoms with Crippen LogP contribution < -0.4 is 21.5 Å². The summed E-state index contributed by atoms with van der Waals surface area (Å²) in [6, 6.07) is 5.69. The van der Waals surface area contributed by atoms with E-state index < -0.39 is 0 Å². The zero-order valence-electron chi connectivity index (χ0n) is 13.7. The standard InChI is InChI=1S/C16H20N6O2/c1-20-14(6-15(23)21(2)16(20)24)22-4-3-12(10-22)19-9-13-5-11(7-17)8-18-13/h5-6,8,12,18-19H,3-4,9-10H2,1-2H3/t12-/m1/s1. The van der Waals surface area contributed by atoms with Crippen LogP contribution >= 0.6 is 0 Å². The Kier molecular flexibility index (Phi) is 4.27. The first-order valence-corrected chi connectivity index (χ1v) is 7.82. The summed E-state index contributed by atoms with van der Waals surface area (Å²) in [6.07, 6.45) is 2.61. The van der Waals surface area contributed by atoms with Crippen molar-refractivity contribution < 1.29 is 0 Å². The van der Waals surface area contributed by atoms with Crippen molar-refractivity contribution in [3.63, 3.8) is 0 Å². The van der Waals surface area contributed by atoms with Gasteiger partial charge < -0.3 is 15.2 Å². The third-order valence-corrected chi connectivity index (χ3v) is 4.47. The molecule has 1 fully saturated rings. The lowest BCUT2D eigenvalue weighted by molar-refractivity contribution is 0.545. The number of hydrogen-bond acceptors (Lipinski definition) is 5. The van der Waals surface area contributed by atoms with E-state index in [1.165, 1.54) is 17.7 Å². The molecule has 0 aromatic carbocycles. The normalized spacial score (nSPS) is 17.2. The van der Waals surface area contributed by atoms with Gasteiger partial charge in [0.15, 0.2) is 0 Å². The van der Waals surface area contributed by atoms with Crippen LogP contribution in [0.2, 0.25) is 0 Å². The Morgan fingerprint density at radius 3 is 2.83 bits per heavy atom. The van der Waals surface area contributed by atoms with Crippen molar-refractivity contribution >= 4 is 5.82 Å². The van der Waals surface area contributed by atoms with Crippen LogP contribution in [0.3, 0.4) is 0 Å². The number of nitrogens with one attached hydrogen (secondary N) is 2. The molecule has 0 unspecified atom stereocenters. The third kappa shape index (κ3) is 2.98. The van der Waals surface area contributed by atoms with Gasteiger partial charge in [-0.05, 0) is 12.5 Å². The average Bonchev–Trinajstić information content (AvgIpc) is 3.23. The minimum atomic E-state index is -0.315. The Hall–Kier alpha value is -2.79. The molecule has 1 atom stereocenters. The van der Waals surface area contributed by atoms with Gasteiger partial charge in [-0.3, -0.25) is 13.9 Å². The predicted molar refractivity (Wildman–Crippen MR) is 89.9 cm³/mol. The summed E-state index contributed by atoms with van der Waals surface area (Å²) in [5.41, 5.74) is 0.977. The summed E-state index contributed by atoms with van der Waals surface area (Å²) < 4.78 is 2.61. The fourth-order valence-corrected chi connectivity index (χ4v) is 3.02. The summed E-state index contributed by atoms with van der Waals surface area (Å²) >= 11 is 0. The maximum atomic E-state index is 12.0. The van der Waals surface area contributed by atoms with Crippen molar-refractivity contribution in [3.8, 4) is 6.07 Å². The molecule has 1 aliphatic rings. The maximum Gasteiger partial charge on any atom is 0.332 e. The van der Waals surface area contributed by atoms with Crippen molar-refractivity contribution in [2.75, 3.05) is 18.0 Å². The van der Waals surface area contributed by atoms with E-state index in [4.69, 9.17) is 5.26 Å². The molecule has 0 aliphatic carbocycles. The number of aromatic nitrogens is 3.